The van der Waals surface area contributed by atoms with Crippen molar-refractivity contribution in [3.8, 4) is 5.75 Å². The van der Waals surface area contributed by atoms with Crippen LogP contribution in [0, 0.1) is 0 Å². The molecule has 5 heteroatoms. The highest BCUT2D eigenvalue weighted by atomic mass is 16.5. The zero-order chi connectivity index (χ0) is 18.4. The zero-order valence-corrected chi connectivity index (χ0v) is 15.0. The van der Waals surface area contributed by atoms with E-state index in [1.807, 2.05) is 47.4 Å². The largest absolute Gasteiger partial charge is 0.496 e. The van der Waals surface area contributed by atoms with E-state index in [2.05, 4.69) is 5.32 Å². The molecule has 136 valence electrons. The van der Waals surface area contributed by atoms with Gasteiger partial charge in [0.1, 0.15) is 5.75 Å². The summed E-state index contributed by atoms with van der Waals surface area (Å²) in [6, 6.07) is 16.8. The Labute approximate surface area is 154 Å². The lowest BCUT2D eigenvalue weighted by Gasteiger charge is -2.23. The number of nitrogens with one attached hydrogen (secondary N) is 1. The van der Waals surface area contributed by atoms with Gasteiger partial charge in [0.25, 0.3) is 0 Å². The van der Waals surface area contributed by atoms with Gasteiger partial charge in [0.05, 0.1) is 25.3 Å². The Balaban J connectivity index is 1.60. The normalized spacial score (nSPS) is 17.0. The molecule has 0 radical (unpaired) electrons. The van der Waals surface area contributed by atoms with Crippen molar-refractivity contribution in [3.05, 3.63) is 65.7 Å². The van der Waals surface area contributed by atoms with Crippen molar-refractivity contribution in [3.63, 3.8) is 0 Å². The van der Waals surface area contributed by atoms with Gasteiger partial charge in [-0.25, -0.2) is 0 Å². The molecule has 2 aromatic rings. The van der Waals surface area contributed by atoms with Crippen molar-refractivity contribution in [1.82, 2.24) is 10.2 Å². The Morgan fingerprint density at radius 2 is 1.85 bits per heavy atom. The summed E-state index contributed by atoms with van der Waals surface area (Å²) in [5.41, 5.74) is 1.63. The molecular formula is C21H24N2O3. The summed E-state index contributed by atoms with van der Waals surface area (Å²) in [5.74, 6) is 0.533. The van der Waals surface area contributed by atoms with Crippen LogP contribution in [-0.2, 0) is 11.3 Å². The average Bonchev–Trinajstić information content (AvgIpc) is 3.15. The van der Waals surface area contributed by atoms with Crippen LogP contribution in [0.15, 0.2) is 54.6 Å². The predicted octanol–water partition coefficient (Wildman–Crippen LogP) is 2.66. The van der Waals surface area contributed by atoms with Crippen molar-refractivity contribution in [2.45, 2.75) is 25.4 Å². The number of ketones is 1. The van der Waals surface area contributed by atoms with Gasteiger partial charge in [0.15, 0.2) is 5.78 Å². The molecule has 1 atom stereocenters. The molecule has 0 aromatic heterocycles. The number of rotatable bonds is 7. The molecule has 1 aliphatic rings. The molecule has 1 N–H and O–H groups in total. The minimum atomic E-state index is -0.252. The molecule has 1 amide bonds. The second-order valence-electron chi connectivity index (χ2n) is 6.46. The highest BCUT2D eigenvalue weighted by molar-refractivity contribution is 6.00. The standard InChI is InChI=1S/C21H24N2O3/c1-26-20-12-6-5-10-17(20)19(24)15-23-13-7-11-18(23)21(25)22-14-16-8-3-2-4-9-16/h2-6,8-10,12,18H,7,11,13-15H2,1H3,(H,22,25)/t18-/m0/s1. The number of ether oxygens (including phenoxy) is 1. The predicted molar refractivity (Wildman–Crippen MR) is 100 cm³/mol. The van der Waals surface area contributed by atoms with E-state index in [0.29, 0.717) is 17.9 Å². The lowest BCUT2D eigenvalue weighted by molar-refractivity contribution is -0.125. The topological polar surface area (TPSA) is 58.6 Å². The number of methoxy groups -OCH3 is 1. The fraction of sp³-hybridized carbons (Fsp3) is 0.333. The molecule has 0 aliphatic carbocycles. The monoisotopic (exact) mass is 352 g/mol. The Bertz CT molecular complexity index is 761. The number of carbonyl (C=O) groups excluding carboxylic acids is 2. The number of nitrogens with zero attached hydrogens (tertiary/aromatic N) is 1. The quantitative estimate of drug-likeness (QED) is 0.779. The lowest BCUT2D eigenvalue weighted by Crippen LogP contribution is -2.44. The molecule has 3 rings (SSSR count). The summed E-state index contributed by atoms with van der Waals surface area (Å²) in [4.78, 5) is 27.2. The van der Waals surface area contributed by atoms with E-state index >= 15 is 0 Å². The molecule has 0 saturated carbocycles. The molecule has 0 unspecified atom stereocenters. The van der Waals surface area contributed by atoms with E-state index in [9.17, 15) is 9.59 Å². The minimum absolute atomic E-state index is 0.0146. The SMILES string of the molecule is COc1ccccc1C(=O)CN1CCC[C@H]1C(=O)NCc1ccccc1. The van der Waals surface area contributed by atoms with E-state index in [4.69, 9.17) is 4.74 Å². The summed E-state index contributed by atoms with van der Waals surface area (Å²) in [6.45, 7) is 1.48. The van der Waals surface area contributed by atoms with Crippen LogP contribution in [0.4, 0.5) is 0 Å². The highest BCUT2D eigenvalue weighted by Gasteiger charge is 2.32. The number of carbonyl (C=O) groups is 2. The van der Waals surface area contributed by atoms with Crippen LogP contribution in [0.5, 0.6) is 5.75 Å². The first-order chi connectivity index (χ1) is 12.7. The van der Waals surface area contributed by atoms with Gasteiger partial charge >= 0.3 is 0 Å². The van der Waals surface area contributed by atoms with Crippen molar-refractivity contribution < 1.29 is 14.3 Å². The maximum atomic E-state index is 12.7. The highest BCUT2D eigenvalue weighted by Crippen LogP contribution is 2.22. The Hall–Kier alpha value is -2.66. The summed E-state index contributed by atoms with van der Waals surface area (Å²) < 4.78 is 5.27. The van der Waals surface area contributed by atoms with Crippen molar-refractivity contribution in [2.75, 3.05) is 20.2 Å². The van der Waals surface area contributed by atoms with E-state index in [0.717, 1.165) is 24.9 Å². The van der Waals surface area contributed by atoms with Gasteiger partial charge < -0.3 is 10.1 Å². The van der Waals surface area contributed by atoms with Gasteiger partial charge in [-0.15, -0.1) is 0 Å². The van der Waals surface area contributed by atoms with E-state index < -0.39 is 0 Å². The maximum Gasteiger partial charge on any atom is 0.237 e. The number of amides is 1. The fourth-order valence-corrected chi connectivity index (χ4v) is 3.36. The van der Waals surface area contributed by atoms with E-state index in [1.54, 1.807) is 19.2 Å². The Morgan fingerprint density at radius 3 is 2.62 bits per heavy atom. The minimum Gasteiger partial charge on any atom is -0.496 e. The molecule has 0 bridgehead atoms. The van der Waals surface area contributed by atoms with Crippen LogP contribution in [0.3, 0.4) is 0 Å². The molecule has 1 heterocycles. The third-order valence-electron chi connectivity index (χ3n) is 4.73. The number of Topliss-reactive ketones (excluding diaryl/α,β-unsaturated/α-hetero) is 1. The number of hydrogen-bond donors (Lipinski definition) is 1. The summed E-state index contributed by atoms with van der Waals surface area (Å²) in [5, 5.41) is 2.99. The number of benzene rings is 2. The zero-order valence-electron chi connectivity index (χ0n) is 15.0. The van der Waals surface area contributed by atoms with Crippen LogP contribution in [0.2, 0.25) is 0 Å². The second-order valence-corrected chi connectivity index (χ2v) is 6.46. The van der Waals surface area contributed by atoms with Gasteiger partial charge in [-0.1, -0.05) is 42.5 Å². The average molecular weight is 352 g/mol. The molecule has 1 aliphatic heterocycles. The van der Waals surface area contributed by atoms with E-state index in [1.165, 1.54) is 0 Å². The molecular weight excluding hydrogens is 328 g/mol. The van der Waals surface area contributed by atoms with Crippen molar-refractivity contribution >= 4 is 11.7 Å². The Morgan fingerprint density at radius 1 is 1.12 bits per heavy atom. The molecule has 5 nitrogen and oxygen atoms in total. The molecule has 26 heavy (non-hydrogen) atoms. The fourth-order valence-electron chi connectivity index (χ4n) is 3.36. The lowest BCUT2D eigenvalue weighted by atomic mass is 10.1. The summed E-state index contributed by atoms with van der Waals surface area (Å²) in [6.07, 6.45) is 1.70. The number of para-hydroxylation sites is 1. The van der Waals surface area contributed by atoms with Gasteiger partial charge in [-0.2, -0.15) is 0 Å². The van der Waals surface area contributed by atoms with Crippen molar-refractivity contribution in [1.29, 1.82) is 0 Å². The second kappa shape index (κ2) is 8.63. The van der Waals surface area contributed by atoms with Crippen LogP contribution >= 0.6 is 0 Å². The van der Waals surface area contributed by atoms with E-state index in [-0.39, 0.29) is 24.3 Å². The summed E-state index contributed by atoms with van der Waals surface area (Å²) in [7, 11) is 1.56. The smallest absolute Gasteiger partial charge is 0.237 e. The number of likely N-dealkylation sites (tertiary alicyclic amines) is 1. The van der Waals surface area contributed by atoms with Crippen molar-refractivity contribution in [2.24, 2.45) is 0 Å². The van der Waals surface area contributed by atoms with Crippen LogP contribution in [-0.4, -0.2) is 42.8 Å². The van der Waals surface area contributed by atoms with Gasteiger partial charge in [0.2, 0.25) is 5.91 Å². The first-order valence-electron chi connectivity index (χ1n) is 8.91. The van der Waals surface area contributed by atoms with Crippen LogP contribution in [0.25, 0.3) is 0 Å². The number of hydrogen-bond acceptors (Lipinski definition) is 4. The van der Waals surface area contributed by atoms with Crippen LogP contribution in [0.1, 0.15) is 28.8 Å². The summed E-state index contributed by atoms with van der Waals surface area (Å²) >= 11 is 0. The molecule has 2 aromatic carbocycles. The van der Waals surface area contributed by atoms with Gasteiger partial charge in [-0.05, 0) is 37.1 Å². The first kappa shape index (κ1) is 18.1. The molecule has 1 saturated heterocycles. The maximum absolute atomic E-state index is 12.7. The molecule has 0 spiro atoms. The van der Waals surface area contributed by atoms with Gasteiger partial charge in [-0.3, -0.25) is 14.5 Å². The Kier molecular flexibility index (Phi) is 6.02. The first-order valence-corrected chi connectivity index (χ1v) is 8.91. The van der Waals surface area contributed by atoms with Gasteiger partial charge in [0, 0.05) is 6.54 Å². The molecule has 1 fully saturated rings. The van der Waals surface area contributed by atoms with Crippen LogP contribution < -0.4 is 10.1 Å². The third kappa shape index (κ3) is 4.29. The third-order valence-corrected chi connectivity index (χ3v) is 4.73.